The molecule has 160 valence electrons. The number of halogens is 3. The van der Waals surface area contributed by atoms with Gasteiger partial charge in [-0.25, -0.2) is 8.42 Å². The maximum absolute atomic E-state index is 12.8. The third-order valence-corrected chi connectivity index (χ3v) is 7.53. The lowest BCUT2D eigenvalue weighted by Crippen LogP contribution is -2.41. The largest absolute Gasteiger partial charge is 0.325 e. The molecule has 0 bridgehead atoms. The van der Waals surface area contributed by atoms with Crippen molar-refractivity contribution in [2.75, 3.05) is 18.4 Å². The molecule has 1 fully saturated rings. The molecule has 0 spiro atoms. The molecule has 3 rings (SSSR count). The van der Waals surface area contributed by atoms with Crippen molar-refractivity contribution in [3.63, 3.8) is 0 Å². The fourth-order valence-electron chi connectivity index (χ4n) is 3.13. The van der Waals surface area contributed by atoms with Crippen molar-refractivity contribution in [2.24, 2.45) is 5.92 Å². The SMILES string of the molecule is O=C(Nc1ccc(Cl)cc1Cl)C1CCN(S(=O)(=O)c2ccc(Cl)c([N+](=O)[O-])c2)CC1. The average molecular weight is 493 g/mol. The van der Waals surface area contributed by atoms with Crippen molar-refractivity contribution in [3.05, 3.63) is 61.6 Å². The van der Waals surface area contributed by atoms with E-state index in [-0.39, 0.29) is 28.9 Å². The van der Waals surface area contributed by atoms with E-state index in [0.717, 1.165) is 6.07 Å². The number of hydrogen-bond acceptors (Lipinski definition) is 5. The highest BCUT2D eigenvalue weighted by Crippen LogP contribution is 2.31. The molecule has 0 unspecified atom stereocenters. The number of anilines is 1. The van der Waals surface area contributed by atoms with Crippen molar-refractivity contribution in [1.82, 2.24) is 4.31 Å². The second-order valence-electron chi connectivity index (χ2n) is 6.66. The summed E-state index contributed by atoms with van der Waals surface area (Å²) in [5.74, 6) is -0.666. The molecular formula is C18H16Cl3N3O5S. The summed E-state index contributed by atoms with van der Waals surface area (Å²) in [6, 6.07) is 8.06. The third-order valence-electron chi connectivity index (χ3n) is 4.77. The van der Waals surface area contributed by atoms with E-state index in [0.29, 0.717) is 28.6 Å². The van der Waals surface area contributed by atoms with Gasteiger partial charge in [-0.15, -0.1) is 0 Å². The first-order valence-electron chi connectivity index (χ1n) is 8.79. The van der Waals surface area contributed by atoms with Crippen LogP contribution in [0.15, 0.2) is 41.3 Å². The Morgan fingerprint density at radius 2 is 1.73 bits per heavy atom. The monoisotopic (exact) mass is 491 g/mol. The number of nitro benzene ring substituents is 1. The summed E-state index contributed by atoms with van der Waals surface area (Å²) in [5, 5.41) is 14.4. The lowest BCUT2D eigenvalue weighted by molar-refractivity contribution is -0.384. The van der Waals surface area contributed by atoms with E-state index in [4.69, 9.17) is 34.8 Å². The Kier molecular flexibility index (Phi) is 6.88. The van der Waals surface area contributed by atoms with Gasteiger partial charge in [-0.05, 0) is 43.2 Å². The van der Waals surface area contributed by atoms with Gasteiger partial charge in [0, 0.05) is 30.1 Å². The summed E-state index contributed by atoms with van der Waals surface area (Å²) in [6.45, 7) is 0.205. The van der Waals surface area contributed by atoms with Gasteiger partial charge in [-0.1, -0.05) is 34.8 Å². The molecule has 30 heavy (non-hydrogen) atoms. The van der Waals surface area contributed by atoms with Crippen LogP contribution in [-0.4, -0.2) is 36.6 Å². The van der Waals surface area contributed by atoms with Crippen LogP contribution in [0.3, 0.4) is 0 Å². The van der Waals surface area contributed by atoms with Crippen LogP contribution in [0, 0.1) is 16.0 Å². The molecule has 8 nitrogen and oxygen atoms in total. The van der Waals surface area contributed by atoms with Crippen LogP contribution in [0.2, 0.25) is 15.1 Å². The van der Waals surface area contributed by atoms with Crippen LogP contribution >= 0.6 is 34.8 Å². The number of carbonyl (C=O) groups excluding carboxylic acids is 1. The molecule has 1 saturated heterocycles. The highest BCUT2D eigenvalue weighted by molar-refractivity contribution is 7.89. The number of nitro groups is 1. The maximum atomic E-state index is 12.8. The van der Waals surface area contributed by atoms with Crippen molar-refractivity contribution in [3.8, 4) is 0 Å². The summed E-state index contributed by atoms with van der Waals surface area (Å²) < 4.78 is 26.9. The maximum Gasteiger partial charge on any atom is 0.289 e. The van der Waals surface area contributed by atoms with Crippen LogP contribution in [0.4, 0.5) is 11.4 Å². The Labute approximate surface area is 187 Å². The highest BCUT2D eigenvalue weighted by Gasteiger charge is 2.33. The van der Waals surface area contributed by atoms with Crippen molar-refractivity contribution < 1.29 is 18.1 Å². The summed E-state index contributed by atoms with van der Waals surface area (Å²) in [5.41, 5.74) is -0.0542. The second-order valence-corrected chi connectivity index (χ2v) is 9.85. The molecule has 0 saturated carbocycles. The third kappa shape index (κ3) is 4.87. The Hall–Kier alpha value is -1.91. The van der Waals surface area contributed by atoms with E-state index in [1.54, 1.807) is 12.1 Å². The van der Waals surface area contributed by atoms with E-state index in [2.05, 4.69) is 5.32 Å². The summed E-state index contributed by atoms with van der Waals surface area (Å²) >= 11 is 17.7. The molecule has 1 aliphatic rings. The number of hydrogen-bond donors (Lipinski definition) is 1. The number of nitrogens with zero attached hydrogens (tertiary/aromatic N) is 2. The molecule has 12 heteroatoms. The first kappa shape index (κ1) is 22.8. The quantitative estimate of drug-likeness (QED) is 0.485. The van der Waals surface area contributed by atoms with Gasteiger partial charge in [0.05, 0.1) is 20.5 Å². The molecule has 2 aromatic carbocycles. The van der Waals surface area contributed by atoms with E-state index >= 15 is 0 Å². The number of piperidine rings is 1. The molecular weight excluding hydrogens is 477 g/mol. The molecule has 0 atom stereocenters. The highest BCUT2D eigenvalue weighted by atomic mass is 35.5. The Morgan fingerprint density at radius 3 is 2.33 bits per heavy atom. The van der Waals surface area contributed by atoms with E-state index in [9.17, 15) is 23.3 Å². The topological polar surface area (TPSA) is 110 Å². The summed E-state index contributed by atoms with van der Waals surface area (Å²) in [4.78, 5) is 22.6. The molecule has 0 aliphatic carbocycles. The van der Waals surface area contributed by atoms with Gasteiger partial charge in [0.15, 0.2) is 0 Å². The number of amides is 1. The van der Waals surface area contributed by atoms with Crippen molar-refractivity contribution >= 4 is 62.1 Å². The van der Waals surface area contributed by atoms with Gasteiger partial charge in [0.2, 0.25) is 15.9 Å². The minimum absolute atomic E-state index is 0.102. The zero-order valence-electron chi connectivity index (χ0n) is 15.3. The zero-order chi connectivity index (χ0) is 22.1. The van der Waals surface area contributed by atoms with E-state index in [1.165, 1.54) is 22.5 Å². The number of carbonyl (C=O) groups is 1. The Bertz CT molecular complexity index is 1100. The predicted molar refractivity (Wildman–Crippen MR) is 115 cm³/mol. The van der Waals surface area contributed by atoms with Gasteiger partial charge in [0.1, 0.15) is 5.02 Å². The van der Waals surface area contributed by atoms with Crippen LogP contribution in [0.1, 0.15) is 12.8 Å². The summed E-state index contributed by atoms with van der Waals surface area (Å²) in [7, 11) is -3.95. The molecule has 1 aliphatic heterocycles. The number of benzene rings is 2. The first-order valence-corrected chi connectivity index (χ1v) is 11.4. The number of rotatable bonds is 5. The lowest BCUT2D eigenvalue weighted by Gasteiger charge is -2.30. The molecule has 1 N–H and O–H groups in total. The van der Waals surface area contributed by atoms with Crippen LogP contribution in [0.25, 0.3) is 0 Å². The second kappa shape index (κ2) is 9.07. The van der Waals surface area contributed by atoms with Crippen LogP contribution in [0.5, 0.6) is 0 Å². The van der Waals surface area contributed by atoms with E-state index in [1.807, 2.05) is 0 Å². The van der Waals surface area contributed by atoms with Crippen molar-refractivity contribution in [2.45, 2.75) is 17.7 Å². The molecule has 2 aromatic rings. The van der Waals surface area contributed by atoms with Gasteiger partial charge in [0.25, 0.3) is 5.69 Å². The lowest BCUT2D eigenvalue weighted by atomic mass is 9.97. The minimum atomic E-state index is -3.95. The van der Waals surface area contributed by atoms with Crippen LogP contribution < -0.4 is 5.32 Å². The number of sulfonamides is 1. The fourth-order valence-corrected chi connectivity index (χ4v) is 5.26. The first-order chi connectivity index (χ1) is 14.1. The fraction of sp³-hybridized carbons (Fsp3) is 0.278. The van der Waals surface area contributed by atoms with E-state index < -0.39 is 26.6 Å². The van der Waals surface area contributed by atoms with Crippen LogP contribution in [-0.2, 0) is 14.8 Å². The Balaban J connectivity index is 1.68. The van der Waals surface area contributed by atoms with Crippen molar-refractivity contribution in [1.29, 1.82) is 0 Å². The van der Waals surface area contributed by atoms with Gasteiger partial charge < -0.3 is 5.32 Å². The van der Waals surface area contributed by atoms with Gasteiger partial charge >= 0.3 is 0 Å². The van der Waals surface area contributed by atoms with Gasteiger partial charge in [-0.2, -0.15) is 4.31 Å². The standard InChI is InChI=1S/C18H16Cl3N3O5S/c19-12-1-4-16(15(21)9-12)22-18(25)11-5-7-23(8-6-11)30(28,29)13-2-3-14(20)17(10-13)24(26)27/h1-4,9-11H,5-8H2,(H,22,25). The summed E-state index contributed by atoms with van der Waals surface area (Å²) in [6.07, 6.45) is 0.595. The minimum Gasteiger partial charge on any atom is -0.325 e. The predicted octanol–water partition coefficient (Wildman–Crippen LogP) is 4.59. The normalized spacial score (nSPS) is 15.7. The molecule has 0 radical (unpaired) electrons. The molecule has 0 aromatic heterocycles. The number of nitrogens with one attached hydrogen (secondary N) is 1. The Morgan fingerprint density at radius 1 is 1.07 bits per heavy atom. The zero-order valence-corrected chi connectivity index (χ0v) is 18.4. The van der Waals surface area contributed by atoms with Gasteiger partial charge in [-0.3, -0.25) is 14.9 Å². The average Bonchev–Trinajstić information content (AvgIpc) is 2.70. The smallest absolute Gasteiger partial charge is 0.289 e. The molecule has 1 heterocycles. The molecule has 1 amide bonds.